The Kier molecular flexibility index (Phi) is 5.80. The molecular formula is C18H29NO2. The van der Waals surface area contributed by atoms with E-state index in [2.05, 4.69) is 50.4 Å². The molecule has 1 unspecified atom stereocenters. The van der Waals surface area contributed by atoms with E-state index in [9.17, 15) is 5.11 Å². The van der Waals surface area contributed by atoms with Gasteiger partial charge in [0, 0.05) is 19.2 Å². The predicted molar refractivity (Wildman–Crippen MR) is 86.5 cm³/mol. The molecule has 1 aliphatic rings. The lowest BCUT2D eigenvalue weighted by Gasteiger charge is -2.40. The molecule has 0 heterocycles. The Morgan fingerprint density at radius 1 is 1.24 bits per heavy atom. The number of hydrogen-bond donors (Lipinski definition) is 2. The zero-order chi connectivity index (χ0) is 15.3. The van der Waals surface area contributed by atoms with Crippen molar-refractivity contribution in [3.05, 3.63) is 35.9 Å². The average molecular weight is 291 g/mol. The fraction of sp³-hybridized carbons (Fsp3) is 0.667. The van der Waals surface area contributed by atoms with Gasteiger partial charge >= 0.3 is 0 Å². The molecule has 3 heteroatoms. The monoisotopic (exact) mass is 291 g/mol. The lowest BCUT2D eigenvalue weighted by molar-refractivity contribution is -0.102. The molecule has 2 rings (SSSR count). The molecule has 118 valence electrons. The summed E-state index contributed by atoms with van der Waals surface area (Å²) in [7, 11) is 0. The van der Waals surface area contributed by atoms with E-state index >= 15 is 0 Å². The van der Waals surface area contributed by atoms with Gasteiger partial charge in [0.25, 0.3) is 0 Å². The maximum Gasteiger partial charge on any atom is 0.0612 e. The summed E-state index contributed by atoms with van der Waals surface area (Å²) < 4.78 is 5.96. The number of hydrogen-bond acceptors (Lipinski definition) is 3. The van der Waals surface area contributed by atoms with Crippen LogP contribution in [0.3, 0.4) is 0 Å². The molecule has 0 bridgehead atoms. The molecule has 21 heavy (non-hydrogen) atoms. The second kappa shape index (κ2) is 7.39. The summed E-state index contributed by atoms with van der Waals surface area (Å²) in [6.45, 7) is 7.50. The van der Waals surface area contributed by atoms with E-state index in [0.29, 0.717) is 18.1 Å². The maximum absolute atomic E-state index is 9.26. The topological polar surface area (TPSA) is 41.5 Å². The van der Waals surface area contributed by atoms with Crippen LogP contribution in [0.2, 0.25) is 0 Å². The molecule has 0 aliphatic heterocycles. The van der Waals surface area contributed by atoms with Crippen LogP contribution in [-0.4, -0.2) is 36.0 Å². The van der Waals surface area contributed by atoms with Crippen molar-refractivity contribution in [3.63, 3.8) is 0 Å². The first-order chi connectivity index (χ1) is 9.98. The van der Waals surface area contributed by atoms with Gasteiger partial charge in [0.2, 0.25) is 0 Å². The molecule has 1 saturated carbocycles. The van der Waals surface area contributed by atoms with Gasteiger partial charge in [0.15, 0.2) is 0 Å². The van der Waals surface area contributed by atoms with Crippen molar-refractivity contribution < 1.29 is 9.84 Å². The summed E-state index contributed by atoms with van der Waals surface area (Å²) in [6, 6.07) is 11.0. The molecule has 1 atom stereocenters. The first kappa shape index (κ1) is 16.5. The smallest absolute Gasteiger partial charge is 0.0612 e. The zero-order valence-electron chi connectivity index (χ0n) is 13.5. The van der Waals surface area contributed by atoms with Gasteiger partial charge in [-0.15, -0.1) is 0 Å². The van der Waals surface area contributed by atoms with E-state index in [0.717, 1.165) is 25.8 Å². The highest BCUT2D eigenvalue weighted by Crippen LogP contribution is 2.28. The van der Waals surface area contributed by atoms with Crippen LogP contribution in [0.5, 0.6) is 0 Å². The van der Waals surface area contributed by atoms with Crippen LogP contribution in [-0.2, 0) is 4.74 Å². The summed E-state index contributed by atoms with van der Waals surface area (Å²) in [5, 5.41) is 12.9. The van der Waals surface area contributed by atoms with Gasteiger partial charge in [0.1, 0.15) is 0 Å². The van der Waals surface area contributed by atoms with Crippen molar-refractivity contribution in [2.45, 2.75) is 63.7 Å². The van der Waals surface area contributed by atoms with Gasteiger partial charge in [-0.3, -0.25) is 0 Å². The number of benzene rings is 1. The maximum atomic E-state index is 9.26. The standard InChI is InChI=1S/C18H29NO2/c1-18(2,3)21-17-11-16(12-17)19-13-15(9-10-20)14-7-5-4-6-8-14/h4-8,15-17,19-20H,9-13H2,1-3H3. The normalized spacial score (nSPS) is 23.6. The van der Waals surface area contributed by atoms with E-state index in [1.54, 1.807) is 0 Å². The fourth-order valence-electron chi connectivity index (χ4n) is 2.91. The summed E-state index contributed by atoms with van der Waals surface area (Å²) in [5.41, 5.74) is 1.26. The third-order valence-corrected chi connectivity index (χ3v) is 4.02. The third-order valence-electron chi connectivity index (χ3n) is 4.02. The van der Waals surface area contributed by atoms with Crippen molar-refractivity contribution in [1.82, 2.24) is 5.32 Å². The molecule has 1 aromatic rings. The molecule has 0 saturated heterocycles. The van der Waals surface area contributed by atoms with Gasteiger partial charge in [-0.2, -0.15) is 0 Å². The van der Waals surface area contributed by atoms with Gasteiger partial charge in [0.05, 0.1) is 11.7 Å². The molecule has 3 nitrogen and oxygen atoms in total. The molecule has 1 aromatic carbocycles. The first-order valence-electron chi connectivity index (χ1n) is 8.05. The Balaban J connectivity index is 1.74. The summed E-state index contributed by atoms with van der Waals surface area (Å²) in [4.78, 5) is 0. The van der Waals surface area contributed by atoms with E-state index in [1.807, 2.05) is 6.07 Å². The van der Waals surface area contributed by atoms with Crippen molar-refractivity contribution in [2.75, 3.05) is 13.2 Å². The van der Waals surface area contributed by atoms with Gasteiger partial charge in [-0.05, 0) is 51.5 Å². The highest BCUT2D eigenvalue weighted by Gasteiger charge is 2.32. The molecule has 0 radical (unpaired) electrons. The second-order valence-electron chi connectivity index (χ2n) is 7.05. The Bertz CT molecular complexity index is 407. The van der Waals surface area contributed by atoms with E-state index in [1.165, 1.54) is 5.56 Å². The molecule has 1 fully saturated rings. The second-order valence-corrected chi connectivity index (χ2v) is 7.05. The molecule has 2 N–H and O–H groups in total. The quantitative estimate of drug-likeness (QED) is 0.811. The minimum atomic E-state index is -0.0426. The number of nitrogens with one attached hydrogen (secondary N) is 1. The lowest BCUT2D eigenvalue weighted by Crippen LogP contribution is -2.48. The van der Waals surface area contributed by atoms with Gasteiger partial charge < -0.3 is 15.2 Å². The van der Waals surface area contributed by atoms with Crippen LogP contribution >= 0.6 is 0 Å². The highest BCUT2D eigenvalue weighted by molar-refractivity contribution is 5.20. The van der Waals surface area contributed by atoms with Crippen LogP contribution in [0.1, 0.15) is 51.5 Å². The first-order valence-corrected chi connectivity index (χ1v) is 8.05. The van der Waals surface area contributed by atoms with Crippen LogP contribution in [0, 0.1) is 0 Å². The van der Waals surface area contributed by atoms with E-state index in [4.69, 9.17) is 4.74 Å². The van der Waals surface area contributed by atoms with Crippen LogP contribution in [0.4, 0.5) is 0 Å². The Hall–Kier alpha value is -0.900. The lowest BCUT2D eigenvalue weighted by atomic mass is 9.87. The Morgan fingerprint density at radius 3 is 2.48 bits per heavy atom. The summed E-state index contributed by atoms with van der Waals surface area (Å²) in [6.07, 6.45) is 3.40. The molecule has 0 aromatic heterocycles. The molecule has 0 amide bonds. The molecular weight excluding hydrogens is 262 g/mol. The van der Waals surface area contributed by atoms with Crippen molar-refractivity contribution in [1.29, 1.82) is 0 Å². The average Bonchev–Trinajstić information content (AvgIpc) is 2.39. The van der Waals surface area contributed by atoms with Crippen molar-refractivity contribution >= 4 is 0 Å². The van der Waals surface area contributed by atoms with Crippen LogP contribution in [0.15, 0.2) is 30.3 Å². The summed E-state index contributed by atoms with van der Waals surface area (Å²) >= 11 is 0. The molecule has 0 spiro atoms. The van der Waals surface area contributed by atoms with Gasteiger partial charge in [-0.25, -0.2) is 0 Å². The molecule has 1 aliphatic carbocycles. The van der Waals surface area contributed by atoms with Crippen LogP contribution < -0.4 is 5.32 Å². The number of ether oxygens (including phenoxy) is 1. The predicted octanol–water partition coefficient (Wildman–Crippen LogP) is 3.09. The minimum absolute atomic E-state index is 0.0426. The minimum Gasteiger partial charge on any atom is -0.396 e. The largest absolute Gasteiger partial charge is 0.396 e. The summed E-state index contributed by atoms with van der Waals surface area (Å²) in [5.74, 6) is 0.388. The fourth-order valence-corrected chi connectivity index (χ4v) is 2.91. The zero-order valence-corrected chi connectivity index (χ0v) is 13.5. The SMILES string of the molecule is CC(C)(C)OC1CC(NCC(CCO)c2ccccc2)C1. The Labute approximate surface area is 128 Å². The van der Waals surface area contributed by atoms with Crippen LogP contribution in [0.25, 0.3) is 0 Å². The number of aliphatic hydroxyl groups is 1. The Morgan fingerprint density at radius 2 is 1.90 bits per heavy atom. The van der Waals surface area contributed by atoms with Crippen molar-refractivity contribution in [3.8, 4) is 0 Å². The van der Waals surface area contributed by atoms with E-state index in [-0.39, 0.29) is 12.2 Å². The van der Waals surface area contributed by atoms with Crippen molar-refractivity contribution in [2.24, 2.45) is 0 Å². The van der Waals surface area contributed by atoms with E-state index < -0.39 is 0 Å². The third kappa shape index (κ3) is 5.42. The number of aliphatic hydroxyl groups excluding tert-OH is 1. The number of rotatable bonds is 7. The van der Waals surface area contributed by atoms with Gasteiger partial charge in [-0.1, -0.05) is 30.3 Å². The highest BCUT2D eigenvalue weighted by atomic mass is 16.5.